The van der Waals surface area contributed by atoms with Crippen LogP contribution in [0.1, 0.15) is 15.9 Å². The summed E-state index contributed by atoms with van der Waals surface area (Å²) in [5.41, 5.74) is 5.31. The van der Waals surface area contributed by atoms with Crippen LogP contribution in [0.3, 0.4) is 0 Å². The van der Waals surface area contributed by atoms with Crippen LogP contribution in [-0.2, 0) is 6.42 Å². The number of imidazole rings is 1. The summed E-state index contributed by atoms with van der Waals surface area (Å²) in [6.45, 7) is 0.217. The minimum Gasteiger partial charge on any atom is -0.491 e. The first-order chi connectivity index (χ1) is 15.0. The predicted octanol–water partition coefficient (Wildman–Crippen LogP) is 4.09. The van der Waals surface area contributed by atoms with Crippen molar-refractivity contribution in [3.8, 4) is 17.1 Å². The number of aromatic amines is 1. The van der Waals surface area contributed by atoms with Crippen LogP contribution in [0.4, 0.5) is 5.69 Å². The maximum Gasteiger partial charge on any atom is 0.167 e. The molecule has 1 aromatic heterocycles. The van der Waals surface area contributed by atoms with Crippen LogP contribution in [0.25, 0.3) is 22.4 Å². The van der Waals surface area contributed by atoms with E-state index in [1.807, 2.05) is 85.7 Å². The number of carbonyl (C=O) groups excluding carboxylic acids is 1. The molecule has 0 aliphatic heterocycles. The zero-order chi connectivity index (χ0) is 21.8. The highest BCUT2D eigenvalue weighted by Gasteiger charge is 2.11. The molecule has 0 amide bonds. The maximum absolute atomic E-state index is 12.7. The van der Waals surface area contributed by atoms with E-state index in [-0.39, 0.29) is 19.0 Å². The maximum atomic E-state index is 12.7. The van der Waals surface area contributed by atoms with Crippen LogP contribution in [0.5, 0.6) is 5.75 Å². The number of fused-ring (bicyclic) bond motifs is 1. The summed E-state index contributed by atoms with van der Waals surface area (Å²) in [6, 6.07) is 21.1. The molecular formula is C25H25N3O3. The molecule has 6 heteroatoms. The van der Waals surface area contributed by atoms with Gasteiger partial charge in [-0.05, 0) is 54.1 Å². The number of aliphatic hydroxyl groups is 1. The van der Waals surface area contributed by atoms with Gasteiger partial charge in [0.2, 0.25) is 0 Å². The number of hydrogen-bond donors (Lipinski definition) is 2. The standard InChI is InChI=1S/C25H25N3O3/c1-28(2)20-9-7-18(8-10-20)24(30)15-17-6-11-22-23(14-17)27-25(26-22)19-4-3-5-21(16-19)31-13-12-29/h3-11,14,16,29H,12-13,15H2,1-2H3,(H,26,27). The smallest absolute Gasteiger partial charge is 0.167 e. The summed E-state index contributed by atoms with van der Waals surface area (Å²) in [6.07, 6.45) is 0.329. The van der Waals surface area contributed by atoms with Crippen molar-refractivity contribution in [1.82, 2.24) is 9.97 Å². The van der Waals surface area contributed by atoms with Gasteiger partial charge in [0.05, 0.1) is 17.6 Å². The molecule has 0 saturated heterocycles. The number of benzene rings is 3. The average Bonchev–Trinajstić information content (AvgIpc) is 3.21. The summed E-state index contributed by atoms with van der Waals surface area (Å²) in [7, 11) is 3.95. The monoisotopic (exact) mass is 415 g/mol. The molecular weight excluding hydrogens is 390 g/mol. The van der Waals surface area contributed by atoms with Crippen LogP contribution in [0.15, 0.2) is 66.7 Å². The second-order valence-electron chi connectivity index (χ2n) is 7.58. The second kappa shape index (κ2) is 9.02. The fourth-order valence-electron chi connectivity index (χ4n) is 3.43. The number of ether oxygens (including phenoxy) is 1. The number of H-pyrrole nitrogens is 1. The number of hydrogen-bond acceptors (Lipinski definition) is 5. The predicted molar refractivity (Wildman–Crippen MR) is 123 cm³/mol. The largest absolute Gasteiger partial charge is 0.491 e. The van der Waals surface area contributed by atoms with Gasteiger partial charge >= 0.3 is 0 Å². The van der Waals surface area contributed by atoms with Crippen molar-refractivity contribution in [2.24, 2.45) is 0 Å². The summed E-state index contributed by atoms with van der Waals surface area (Å²) < 4.78 is 5.48. The van der Waals surface area contributed by atoms with Gasteiger partial charge in [0.25, 0.3) is 0 Å². The number of Topliss-reactive ketones (excluding diaryl/α,β-unsaturated/α-hetero) is 1. The van der Waals surface area contributed by atoms with Crippen molar-refractivity contribution in [2.45, 2.75) is 6.42 Å². The van der Waals surface area contributed by atoms with E-state index in [9.17, 15) is 4.79 Å². The van der Waals surface area contributed by atoms with Gasteiger partial charge in [-0.25, -0.2) is 4.98 Å². The van der Waals surface area contributed by atoms with E-state index < -0.39 is 0 Å². The van der Waals surface area contributed by atoms with Crippen LogP contribution < -0.4 is 9.64 Å². The van der Waals surface area contributed by atoms with E-state index in [1.54, 1.807) is 0 Å². The number of aliphatic hydroxyl groups excluding tert-OH is 1. The normalized spacial score (nSPS) is 10.9. The fraction of sp³-hybridized carbons (Fsp3) is 0.200. The third-order valence-corrected chi connectivity index (χ3v) is 5.08. The Labute approximate surface area is 181 Å². The molecule has 2 N–H and O–H groups in total. The Morgan fingerprint density at radius 2 is 1.87 bits per heavy atom. The van der Waals surface area contributed by atoms with Gasteiger partial charge in [-0.15, -0.1) is 0 Å². The highest BCUT2D eigenvalue weighted by molar-refractivity contribution is 5.98. The number of anilines is 1. The van der Waals surface area contributed by atoms with Crippen molar-refractivity contribution in [2.75, 3.05) is 32.2 Å². The van der Waals surface area contributed by atoms with Crippen LogP contribution in [0, 0.1) is 0 Å². The highest BCUT2D eigenvalue weighted by atomic mass is 16.5. The molecule has 4 rings (SSSR count). The lowest BCUT2D eigenvalue weighted by Crippen LogP contribution is -2.09. The van der Waals surface area contributed by atoms with Gasteiger partial charge in [-0.1, -0.05) is 18.2 Å². The zero-order valence-electron chi connectivity index (χ0n) is 17.6. The molecule has 6 nitrogen and oxygen atoms in total. The number of nitrogens with zero attached hydrogens (tertiary/aromatic N) is 2. The Hall–Kier alpha value is -3.64. The van der Waals surface area contributed by atoms with E-state index in [2.05, 4.69) is 9.97 Å². The minimum atomic E-state index is -0.0316. The van der Waals surface area contributed by atoms with Gasteiger partial charge in [0.15, 0.2) is 5.78 Å². The molecule has 0 saturated carbocycles. The molecule has 0 fully saturated rings. The molecule has 0 radical (unpaired) electrons. The van der Waals surface area contributed by atoms with Crippen molar-refractivity contribution in [3.05, 3.63) is 77.9 Å². The first-order valence-electron chi connectivity index (χ1n) is 10.2. The van der Waals surface area contributed by atoms with Crippen LogP contribution in [0.2, 0.25) is 0 Å². The van der Waals surface area contributed by atoms with E-state index in [0.29, 0.717) is 17.7 Å². The lowest BCUT2D eigenvalue weighted by atomic mass is 10.0. The molecule has 0 aliphatic carbocycles. The summed E-state index contributed by atoms with van der Waals surface area (Å²) in [4.78, 5) is 22.7. The van der Waals surface area contributed by atoms with E-state index >= 15 is 0 Å². The Morgan fingerprint density at radius 1 is 1.06 bits per heavy atom. The highest BCUT2D eigenvalue weighted by Crippen LogP contribution is 2.25. The first-order valence-corrected chi connectivity index (χ1v) is 10.2. The van der Waals surface area contributed by atoms with Gasteiger partial charge in [0, 0.05) is 37.3 Å². The Bertz CT molecular complexity index is 1200. The van der Waals surface area contributed by atoms with Crippen molar-refractivity contribution < 1.29 is 14.6 Å². The first kappa shape index (κ1) is 20.6. The lowest BCUT2D eigenvalue weighted by molar-refractivity contribution is 0.0993. The number of ketones is 1. The van der Waals surface area contributed by atoms with Gasteiger partial charge in [-0.3, -0.25) is 4.79 Å². The molecule has 31 heavy (non-hydrogen) atoms. The molecule has 158 valence electrons. The number of rotatable bonds is 8. The Balaban J connectivity index is 1.53. The molecule has 4 aromatic rings. The van der Waals surface area contributed by atoms with Crippen molar-refractivity contribution in [1.29, 1.82) is 0 Å². The van der Waals surface area contributed by atoms with Crippen LogP contribution >= 0.6 is 0 Å². The Morgan fingerprint density at radius 3 is 2.61 bits per heavy atom. The lowest BCUT2D eigenvalue weighted by Gasteiger charge is -2.12. The topological polar surface area (TPSA) is 78.5 Å². The van der Waals surface area contributed by atoms with E-state index in [1.165, 1.54) is 0 Å². The van der Waals surface area contributed by atoms with Crippen molar-refractivity contribution in [3.63, 3.8) is 0 Å². The second-order valence-corrected chi connectivity index (χ2v) is 7.58. The summed E-state index contributed by atoms with van der Waals surface area (Å²) in [5, 5.41) is 8.93. The minimum absolute atomic E-state index is 0.0316. The molecule has 1 heterocycles. The number of nitrogens with one attached hydrogen (secondary N) is 1. The van der Waals surface area contributed by atoms with E-state index in [4.69, 9.17) is 9.84 Å². The molecule has 0 bridgehead atoms. The Kier molecular flexibility index (Phi) is 6.00. The molecule has 0 atom stereocenters. The zero-order valence-corrected chi connectivity index (χ0v) is 17.6. The SMILES string of the molecule is CN(C)c1ccc(C(=O)Cc2ccc3nc(-c4cccc(OCCO)c4)[nH]c3c2)cc1. The molecule has 0 aliphatic rings. The fourth-order valence-corrected chi connectivity index (χ4v) is 3.43. The van der Waals surface area contributed by atoms with E-state index in [0.717, 1.165) is 33.7 Å². The molecule has 3 aromatic carbocycles. The van der Waals surface area contributed by atoms with Gasteiger partial charge in [0.1, 0.15) is 18.2 Å². The summed E-state index contributed by atoms with van der Waals surface area (Å²) in [5.74, 6) is 1.49. The summed E-state index contributed by atoms with van der Waals surface area (Å²) >= 11 is 0. The van der Waals surface area contributed by atoms with Crippen LogP contribution in [-0.4, -0.2) is 48.2 Å². The molecule has 0 spiro atoms. The third kappa shape index (κ3) is 4.75. The quantitative estimate of drug-likeness (QED) is 0.424. The number of carbonyl (C=O) groups is 1. The molecule has 0 unspecified atom stereocenters. The third-order valence-electron chi connectivity index (χ3n) is 5.08. The van der Waals surface area contributed by atoms with Gasteiger partial charge in [-0.2, -0.15) is 0 Å². The number of aromatic nitrogens is 2. The van der Waals surface area contributed by atoms with Gasteiger partial charge < -0.3 is 19.7 Å². The van der Waals surface area contributed by atoms with Crippen molar-refractivity contribution >= 4 is 22.5 Å². The average molecular weight is 415 g/mol.